The minimum Gasteiger partial charge on any atom is -0.313 e. The third-order valence-electron chi connectivity index (χ3n) is 4.99. The molecule has 2 rings (SSSR count). The van der Waals surface area contributed by atoms with E-state index in [9.17, 15) is 0 Å². The van der Waals surface area contributed by atoms with E-state index >= 15 is 0 Å². The molecule has 0 spiro atoms. The summed E-state index contributed by atoms with van der Waals surface area (Å²) in [5, 5.41) is 4.35. The van der Waals surface area contributed by atoms with E-state index < -0.39 is 0 Å². The highest BCUT2D eigenvalue weighted by molar-refractivity contribution is 6.30. The molecule has 1 fully saturated rings. The molecule has 0 heterocycles. The zero-order valence-corrected chi connectivity index (χ0v) is 14.0. The highest BCUT2D eigenvalue weighted by Gasteiger charge is 2.32. The fraction of sp³-hybridized carbons (Fsp3) is 0.667. The lowest BCUT2D eigenvalue weighted by molar-refractivity contribution is 0.134. The van der Waals surface area contributed by atoms with Crippen molar-refractivity contribution in [2.45, 2.75) is 52.5 Å². The van der Waals surface area contributed by atoms with Crippen molar-refractivity contribution in [3.05, 3.63) is 34.9 Å². The van der Waals surface area contributed by atoms with Crippen LogP contribution in [0.15, 0.2) is 24.3 Å². The molecule has 112 valence electrons. The van der Waals surface area contributed by atoms with E-state index in [0.29, 0.717) is 11.5 Å². The lowest BCUT2D eigenvalue weighted by atomic mass is 9.68. The van der Waals surface area contributed by atoms with Gasteiger partial charge in [0.25, 0.3) is 0 Å². The SMILES string of the molecule is CNC(c1cccc(Cl)c1)C1CCC(C(C)(C)C)CC1. The number of hydrogen-bond acceptors (Lipinski definition) is 1. The fourth-order valence-electron chi connectivity index (χ4n) is 3.69. The summed E-state index contributed by atoms with van der Waals surface area (Å²) in [6.45, 7) is 7.14. The van der Waals surface area contributed by atoms with Crippen LogP contribution in [0.1, 0.15) is 58.1 Å². The van der Waals surface area contributed by atoms with Crippen LogP contribution in [0.3, 0.4) is 0 Å². The van der Waals surface area contributed by atoms with E-state index in [4.69, 9.17) is 11.6 Å². The van der Waals surface area contributed by atoms with Gasteiger partial charge in [0.1, 0.15) is 0 Å². The van der Waals surface area contributed by atoms with Gasteiger partial charge in [-0.25, -0.2) is 0 Å². The van der Waals surface area contributed by atoms with Crippen molar-refractivity contribution in [3.63, 3.8) is 0 Å². The van der Waals surface area contributed by atoms with E-state index in [-0.39, 0.29) is 0 Å². The van der Waals surface area contributed by atoms with Crippen LogP contribution >= 0.6 is 11.6 Å². The molecule has 1 atom stereocenters. The maximum atomic E-state index is 6.14. The Morgan fingerprint density at radius 1 is 1.15 bits per heavy atom. The number of halogens is 1. The molecule has 1 aliphatic carbocycles. The first-order valence-corrected chi connectivity index (χ1v) is 8.22. The molecule has 20 heavy (non-hydrogen) atoms. The second-order valence-corrected chi connectivity index (χ2v) is 7.74. The Morgan fingerprint density at radius 3 is 2.30 bits per heavy atom. The molecule has 1 aliphatic rings. The standard InChI is InChI=1S/C18H28ClN/c1-18(2,3)15-10-8-13(9-11-15)17(20-4)14-6-5-7-16(19)12-14/h5-7,12-13,15,17,20H,8-11H2,1-4H3. The molecular formula is C18H28ClN. The second kappa shape index (κ2) is 6.49. The van der Waals surface area contributed by atoms with Crippen LogP contribution in [-0.2, 0) is 0 Å². The number of rotatable bonds is 3. The van der Waals surface area contributed by atoms with Crippen LogP contribution in [0.2, 0.25) is 5.02 Å². The molecule has 1 aromatic carbocycles. The Bertz CT molecular complexity index is 427. The first-order chi connectivity index (χ1) is 9.41. The summed E-state index contributed by atoms with van der Waals surface area (Å²) in [4.78, 5) is 0. The summed E-state index contributed by atoms with van der Waals surface area (Å²) in [7, 11) is 2.07. The molecule has 0 saturated heterocycles. The highest BCUT2D eigenvalue weighted by Crippen LogP contribution is 2.43. The van der Waals surface area contributed by atoms with Gasteiger partial charge in [-0.3, -0.25) is 0 Å². The summed E-state index contributed by atoms with van der Waals surface area (Å²) in [6, 6.07) is 8.76. The molecule has 0 bridgehead atoms. The Kier molecular flexibility index (Phi) is 5.14. The summed E-state index contributed by atoms with van der Waals surface area (Å²) in [5.41, 5.74) is 1.79. The van der Waals surface area contributed by atoms with Gasteiger partial charge in [-0.15, -0.1) is 0 Å². The van der Waals surface area contributed by atoms with E-state index in [0.717, 1.165) is 16.9 Å². The van der Waals surface area contributed by atoms with Crippen molar-refractivity contribution in [2.75, 3.05) is 7.05 Å². The summed E-state index contributed by atoms with van der Waals surface area (Å²) < 4.78 is 0. The molecule has 1 N–H and O–H groups in total. The second-order valence-electron chi connectivity index (χ2n) is 7.30. The zero-order chi connectivity index (χ0) is 14.8. The minimum absolute atomic E-state index is 0.439. The molecule has 0 amide bonds. The van der Waals surface area contributed by atoms with E-state index in [1.807, 2.05) is 6.07 Å². The highest BCUT2D eigenvalue weighted by atomic mass is 35.5. The summed E-state index contributed by atoms with van der Waals surface area (Å²) in [6.07, 6.45) is 5.35. The number of hydrogen-bond donors (Lipinski definition) is 1. The average molecular weight is 294 g/mol. The molecule has 1 saturated carbocycles. The molecule has 0 aromatic heterocycles. The third-order valence-corrected chi connectivity index (χ3v) is 5.22. The first kappa shape index (κ1) is 15.9. The van der Waals surface area contributed by atoms with Crippen molar-refractivity contribution in [3.8, 4) is 0 Å². The molecule has 1 unspecified atom stereocenters. The van der Waals surface area contributed by atoms with Gasteiger partial charge in [0.2, 0.25) is 0 Å². The van der Waals surface area contributed by atoms with Crippen molar-refractivity contribution in [1.29, 1.82) is 0 Å². The predicted octanol–water partition coefficient (Wildman–Crippen LogP) is 5.45. The van der Waals surface area contributed by atoms with E-state index in [2.05, 4.69) is 51.3 Å². The van der Waals surface area contributed by atoms with Gasteiger partial charge in [-0.2, -0.15) is 0 Å². The van der Waals surface area contributed by atoms with Gasteiger partial charge in [0.15, 0.2) is 0 Å². The maximum Gasteiger partial charge on any atom is 0.0409 e. The van der Waals surface area contributed by atoms with Crippen LogP contribution in [0, 0.1) is 17.3 Å². The van der Waals surface area contributed by atoms with Crippen LogP contribution in [0.5, 0.6) is 0 Å². The first-order valence-electron chi connectivity index (χ1n) is 7.84. The Balaban J connectivity index is 2.04. The summed E-state index contributed by atoms with van der Waals surface area (Å²) >= 11 is 6.14. The van der Waals surface area contributed by atoms with Crippen LogP contribution in [0.25, 0.3) is 0 Å². The lowest BCUT2D eigenvalue weighted by Crippen LogP contribution is -2.32. The van der Waals surface area contributed by atoms with Crippen molar-refractivity contribution < 1.29 is 0 Å². The van der Waals surface area contributed by atoms with Crippen LogP contribution < -0.4 is 5.32 Å². The van der Waals surface area contributed by atoms with Crippen molar-refractivity contribution in [2.24, 2.45) is 17.3 Å². The number of nitrogens with one attached hydrogen (secondary N) is 1. The van der Waals surface area contributed by atoms with Crippen molar-refractivity contribution >= 4 is 11.6 Å². The van der Waals surface area contributed by atoms with Crippen LogP contribution in [0.4, 0.5) is 0 Å². The van der Waals surface area contributed by atoms with E-state index in [1.165, 1.54) is 31.2 Å². The van der Waals surface area contributed by atoms with Gasteiger partial charge in [0.05, 0.1) is 0 Å². The molecule has 1 aromatic rings. The quantitative estimate of drug-likeness (QED) is 0.781. The number of benzene rings is 1. The molecule has 0 radical (unpaired) electrons. The predicted molar refractivity (Wildman–Crippen MR) is 88.2 cm³/mol. The Hall–Kier alpha value is -0.530. The fourth-order valence-corrected chi connectivity index (χ4v) is 3.89. The average Bonchev–Trinajstić information content (AvgIpc) is 2.39. The smallest absolute Gasteiger partial charge is 0.0409 e. The van der Waals surface area contributed by atoms with Gasteiger partial charge in [-0.1, -0.05) is 44.5 Å². The topological polar surface area (TPSA) is 12.0 Å². The van der Waals surface area contributed by atoms with Crippen LogP contribution in [-0.4, -0.2) is 7.05 Å². The molecule has 1 nitrogen and oxygen atoms in total. The normalized spacial score (nSPS) is 25.4. The zero-order valence-electron chi connectivity index (χ0n) is 13.2. The lowest BCUT2D eigenvalue weighted by Gasteiger charge is -2.39. The maximum absolute atomic E-state index is 6.14. The Labute approximate surface area is 129 Å². The molecule has 0 aliphatic heterocycles. The minimum atomic E-state index is 0.439. The Morgan fingerprint density at radius 2 is 1.80 bits per heavy atom. The molecule has 2 heteroatoms. The van der Waals surface area contributed by atoms with E-state index in [1.54, 1.807) is 0 Å². The third kappa shape index (κ3) is 3.77. The van der Waals surface area contributed by atoms with Gasteiger partial charge < -0.3 is 5.32 Å². The van der Waals surface area contributed by atoms with Crippen molar-refractivity contribution in [1.82, 2.24) is 5.32 Å². The van der Waals surface area contributed by atoms with Gasteiger partial charge >= 0.3 is 0 Å². The molecular weight excluding hydrogens is 266 g/mol. The monoisotopic (exact) mass is 293 g/mol. The van der Waals surface area contributed by atoms with Gasteiger partial charge in [0, 0.05) is 11.1 Å². The van der Waals surface area contributed by atoms with Gasteiger partial charge in [-0.05, 0) is 67.7 Å². The largest absolute Gasteiger partial charge is 0.313 e. The summed E-state index contributed by atoms with van der Waals surface area (Å²) in [5.74, 6) is 1.60.